The molecule has 13 heavy (non-hydrogen) atoms. The monoisotopic (exact) mass is 186 g/mol. The molecule has 0 aliphatic rings. The second kappa shape index (κ2) is 6.34. The van der Waals surface area contributed by atoms with E-state index in [9.17, 15) is 14.4 Å². The molecule has 4 nitrogen and oxygen atoms in total. The van der Waals surface area contributed by atoms with Crippen molar-refractivity contribution in [3.63, 3.8) is 0 Å². The Balaban J connectivity index is 3.63. The van der Waals surface area contributed by atoms with Crippen LogP contribution in [0.4, 0.5) is 0 Å². The smallest absolute Gasteiger partial charge is 0.313 e. The van der Waals surface area contributed by atoms with Crippen molar-refractivity contribution in [1.29, 1.82) is 0 Å². The predicted molar refractivity (Wildman–Crippen MR) is 45.9 cm³/mol. The average molecular weight is 186 g/mol. The molecule has 0 aliphatic heterocycles. The second-order valence-corrected chi connectivity index (χ2v) is 2.59. The van der Waals surface area contributed by atoms with Crippen molar-refractivity contribution in [3.8, 4) is 0 Å². The van der Waals surface area contributed by atoms with Gasteiger partial charge in [-0.1, -0.05) is 13.8 Å². The summed E-state index contributed by atoms with van der Waals surface area (Å²) in [5.41, 5.74) is 0. The summed E-state index contributed by atoms with van der Waals surface area (Å²) in [6.07, 6.45) is 0.743. The van der Waals surface area contributed by atoms with Gasteiger partial charge in [0.25, 0.3) is 0 Å². The molecular weight excluding hydrogens is 172 g/mol. The summed E-state index contributed by atoms with van der Waals surface area (Å²) in [5, 5.41) is 0. The number of ketones is 1. The first-order valence-electron chi connectivity index (χ1n) is 4.35. The van der Waals surface area contributed by atoms with Crippen molar-refractivity contribution in [2.24, 2.45) is 0 Å². The Hall–Kier alpha value is -1.19. The van der Waals surface area contributed by atoms with Crippen LogP contribution in [0.5, 0.6) is 0 Å². The molecule has 0 N–H and O–H groups in total. The van der Waals surface area contributed by atoms with Crippen LogP contribution >= 0.6 is 0 Å². The first kappa shape index (κ1) is 11.8. The molecule has 0 bridgehead atoms. The molecule has 0 heterocycles. The third-order valence-corrected chi connectivity index (χ3v) is 1.52. The van der Waals surface area contributed by atoms with Crippen LogP contribution in [0.2, 0.25) is 0 Å². The van der Waals surface area contributed by atoms with E-state index in [0.29, 0.717) is 6.42 Å². The van der Waals surface area contributed by atoms with Gasteiger partial charge in [0.05, 0.1) is 6.42 Å². The van der Waals surface area contributed by atoms with E-state index in [2.05, 4.69) is 4.74 Å². The van der Waals surface area contributed by atoms with E-state index < -0.39 is 11.9 Å². The van der Waals surface area contributed by atoms with Gasteiger partial charge in [-0.25, -0.2) is 0 Å². The molecule has 0 aromatic carbocycles. The Bertz CT molecular complexity index is 208. The van der Waals surface area contributed by atoms with E-state index in [1.807, 2.05) is 0 Å². The molecule has 0 saturated heterocycles. The standard InChI is InChI=1S/C9H14O4/c1-3-7(10)5-6-9(12)13-8(11)4-2/h3-6H2,1-2H3. The maximum Gasteiger partial charge on any atom is 0.313 e. The van der Waals surface area contributed by atoms with E-state index in [4.69, 9.17) is 0 Å². The van der Waals surface area contributed by atoms with Crippen LogP contribution in [0, 0.1) is 0 Å². The van der Waals surface area contributed by atoms with Gasteiger partial charge in [-0.05, 0) is 0 Å². The van der Waals surface area contributed by atoms with Crippen LogP contribution < -0.4 is 0 Å². The van der Waals surface area contributed by atoms with E-state index in [-0.39, 0.29) is 25.0 Å². The van der Waals surface area contributed by atoms with Gasteiger partial charge in [-0.15, -0.1) is 0 Å². The highest BCUT2D eigenvalue weighted by Gasteiger charge is 2.09. The van der Waals surface area contributed by atoms with Crippen molar-refractivity contribution in [1.82, 2.24) is 0 Å². The fourth-order valence-electron chi connectivity index (χ4n) is 0.668. The fourth-order valence-corrected chi connectivity index (χ4v) is 0.668. The lowest BCUT2D eigenvalue weighted by molar-refractivity contribution is -0.159. The van der Waals surface area contributed by atoms with Crippen molar-refractivity contribution in [2.45, 2.75) is 39.5 Å². The minimum Gasteiger partial charge on any atom is -0.393 e. The van der Waals surface area contributed by atoms with Gasteiger partial charge in [0, 0.05) is 19.3 Å². The van der Waals surface area contributed by atoms with Gasteiger partial charge in [0.15, 0.2) is 0 Å². The molecular formula is C9H14O4. The van der Waals surface area contributed by atoms with Gasteiger partial charge >= 0.3 is 11.9 Å². The van der Waals surface area contributed by atoms with Gasteiger partial charge in [-0.3, -0.25) is 14.4 Å². The SMILES string of the molecule is CCC(=O)CCC(=O)OC(=O)CC. The van der Waals surface area contributed by atoms with Gasteiger partial charge < -0.3 is 4.74 Å². The van der Waals surface area contributed by atoms with Gasteiger partial charge in [-0.2, -0.15) is 0 Å². The zero-order chi connectivity index (χ0) is 10.3. The molecule has 74 valence electrons. The number of hydrogen-bond donors (Lipinski definition) is 0. The predicted octanol–water partition coefficient (Wildman–Crippen LogP) is 1.23. The zero-order valence-corrected chi connectivity index (χ0v) is 7.96. The number of esters is 2. The first-order valence-corrected chi connectivity index (χ1v) is 4.35. The molecule has 0 spiro atoms. The molecule has 0 atom stereocenters. The second-order valence-electron chi connectivity index (χ2n) is 2.59. The number of carbonyl (C=O) groups is 3. The Morgan fingerprint density at radius 2 is 1.54 bits per heavy atom. The molecule has 0 rings (SSSR count). The van der Waals surface area contributed by atoms with Crippen LogP contribution in [0.1, 0.15) is 39.5 Å². The highest BCUT2D eigenvalue weighted by atomic mass is 16.6. The summed E-state index contributed by atoms with van der Waals surface area (Å²) in [5.74, 6) is -1.16. The summed E-state index contributed by atoms with van der Waals surface area (Å²) in [6, 6.07) is 0. The van der Waals surface area contributed by atoms with Crippen molar-refractivity contribution >= 4 is 17.7 Å². The minimum absolute atomic E-state index is 0.000831. The van der Waals surface area contributed by atoms with Crippen LogP contribution in [0.25, 0.3) is 0 Å². The molecule has 0 fully saturated rings. The molecule has 0 saturated carbocycles. The highest BCUT2D eigenvalue weighted by molar-refractivity contribution is 5.88. The van der Waals surface area contributed by atoms with Crippen molar-refractivity contribution in [2.75, 3.05) is 0 Å². The maximum absolute atomic E-state index is 10.8. The summed E-state index contributed by atoms with van der Waals surface area (Å²) in [7, 11) is 0. The Morgan fingerprint density at radius 3 is 2.00 bits per heavy atom. The number of rotatable bonds is 5. The van der Waals surface area contributed by atoms with E-state index in [0.717, 1.165) is 0 Å². The number of hydrogen-bond acceptors (Lipinski definition) is 4. The first-order chi connectivity index (χ1) is 6.10. The summed E-state index contributed by atoms with van der Waals surface area (Å²) >= 11 is 0. The largest absolute Gasteiger partial charge is 0.393 e. The minimum atomic E-state index is -0.617. The number of Topliss-reactive ketones (excluding diaryl/α,β-unsaturated/α-hetero) is 1. The van der Waals surface area contributed by atoms with Crippen LogP contribution in [-0.2, 0) is 19.1 Å². The Labute approximate surface area is 77.3 Å². The molecule has 0 radical (unpaired) electrons. The Morgan fingerprint density at radius 1 is 0.923 bits per heavy atom. The fraction of sp³-hybridized carbons (Fsp3) is 0.667. The molecule has 0 aliphatic carbocycles. The van der Waals surface area contributed by atoms with Crippen LogP contribution in [0.3, 0.4) is 0 Å². The van der Waals surface area contributed by atoms with E-state index in [1.165, 1.54) is 0 Å². The molecule has 4 heteroatoms. The lowest BCUT2D eigenvalue weighted by atomic mass is 10.2. The van der Waals surface area contributed by atoms with Crippen molar-refractivity contribution in [3.05, 3.63) is 0 Å². The zero-order valence-electron chi connectivity index (χ0n) is 7.96. The van der Waals surface area contributed by atoms with E-state index >= 15 is 0 Å². The average Bonchev–Trinajstić information content (AvgIpc) is 2.13. The van der Waals surface area contributed by atoms with E-state index in [1.54, 1.807) is 13.8 Å². The molecule has 0 unspecified atom stereocenters. The Kier molecular flexibility index (Phi) is 5.76. The highest BCUT2D eigenvalue weighted by Crippen LogP contribution is 1.98. The van der Waals surface area contributed by atoms with Crippen molar-refractivity contribution < 1.29 is 19.1 Å². The van der Waals surface area contributed by atoms with Gasteiger partial charge in [0.1, 0.15) is 5.78 Å². The van der Waals surface area contributed by atoms with Crippen LogP contribution in [0.15, 0.2) is 0 Å². The molecule has 0 aromatic heterocycles. The summed E-state index contributed by atoms with van der Waals surface area (Å²) in [4.78, 5) is 32.2. The van der Waals surface area contributed by atoms with Gasteiger partial charge in [0.2, 0.25) is 0 Å². The molecule has 0 aromatic rings. The molecule has 0 amide bonds. The number of carbonyl (C=O) groups excluding carboxylic acids is 3. The third kappa shape index (κ3) is 6.02. The summed E-state index contributed by atoms with van der Waals surface area (Å²) in [6.45, 7) is 3.33. The van der Waals surface area contributed by atoms with Crippen LogP contribution in [-0.4, -0.2) is 17.7 Å². The third-order valence-electron chi connectivity index (χ3n) is 1.52. The topological polar surface area (TPSA) is 60.4 Å². The lowest BCUT2D eigenvalue weighted by Gasteiger charge is -1.99. The lowest BCUT2D eigenvalue weighted by Crippen LogP contribution is -2.12. The quantitative estimate of drug-likeness (QED) is 0.478. The number of ether oxygens (including phenoxy) is 1. The maximum atomic E-state index is 10.8. The normalized spacial score (nSPS) is 9.38. The summed E-state index contributed by atoms with van der Waals surface area (Å²) < 4.78 is 4.36.